The van der Waals surface area contributed by atoms with E-state index in [1.807, 2.05) is 0 Å². The van der Waals surface area contributed by atoms with Crippen molar-refractivity contribution in [3.8, 4) is 0 Å². The van der Waals surface area contributed by atoms with Crippen molar-refractivity contribution in [3.05, 3.63) is 59.2 Å². The summed E-state index contributed by atoms with van der Waals surface area (Å²) in [6.45, 7) is 1.65. The summed E-state index contributed by atoms with van der Waals surface area (Å²) < 4.78 is 50.1. The highest BCUT2D eigenvalue weighted by Gasteiger charge is 2.52. The van der Waals surface area contributed by atoms with Crippen molar-refractivity contribution in [2.75, 3.05) is 44.7 Å². The van der Waals surface area contributed by atoms with Gasteiger partial charge in [-0.3, -0.25) is 14.4 Å². The molecule has 3 amide bonds. The Morgan fingerprint density at radius 1 is 1.05 bits per heavy atom. The molecule has 2 atom stereocenters. The third-order valence-corrected chi connectivity index (χ3v) is 7.59. The van der Waals surface area contributed by atoms with Gasteiger partial charge in [-0.05, 0) is 47.3 Å². The van der Waals surface area contributed by atoms with Crippen LogP contribution in [0.2, 0.25) is 0 Å². The molecule has 2 aromatic carbocycles. The van der Waals surface area contributed by atoms with Gasteiger partial charge in [0.25, 0.3) is 0 Å². The summed E-state index contributed by atoms with van der Waals surface area (Å²) >= 11 is 0. The number of rotatable bonds is 13. The van der Waals surface area contributed by atoms with Crippen LogP contribution in [0.5, 0.6) is 0 Å². The first-order chi connectivity index (χ1) is 20.9. The maximum Gasteiger partial charge on any atom is 0.492 e. The molecule has 0 saturated carbocycles. The molecule has 1 spiro atoms. The third-order valence-electron chi connectivity index (χ3n) is 7.59. The van der Waals surface area contributed by atoms with Crippen molar-refractivity contribution in [1.29, 1.82) is 0 Å². The lowest BCUT2D eigenvalue weighted by atomic mass is 9.77. The quantitative estimate of drug-likeness (QED) is 0.155. The number of halogens is 3. The first-order valence-electron chi connectivity index (χ1n) is 14.2. The van der Waals surface area contributed by atoms with Crippen molar-refractivity contribution in [1.82, 2.24) is 10.2 Å². The molecule has 0 aliphatic carbocycles. The van der Waals surface area contributed by atoms with Crippen molar-refractivity contribution in [3.63, 3.8) is 0 Å². The fourth-order valence-corrected chi connectivity index (χ4v) is 5.14. The molecule has 44 heavy (non-hydrogen) atoms. The number of amides is 3. The van der Waals surface area contributed by atoms with Crippen LogP contribution in [0.1, 0.15) is 29.5 Å². The van der Waals surface area contributed by atoms with Crippen molar-refractivity contribution in [2.24, 2.45) is 17.2 Å². The number of hydrogen-bond acceptors (Lipinski definition) is 9. The predicted octanol–water partition coefficient (Wildman–Crippen LogP) is -0.832. The van der Waals surface area contributed by atoms with Crippen molar-refractivity contribution < 1.29 is 42.0 Å². The molecule has 4 rings (SSSR count). The number of anilines is 1. The predicted molar refractivity (Wildman–Crippen MR) is 155 cm³/mol. The summed E-state index contributed by atoms with van der Waals surface area (Å²) in [6.07, 6.45) is -4.78. The Morgan fingerprint density at radius 3 is 2.27 bits per heavy atom. The van der Waals surface area contributed by atoms with Gasteiger partial charge in [0.2, 0.25) is 17.7 Å². The second-order valence-corrected chi connectivity index (χ2v) is 10.8. The molecular weight excluding hydrogens is 584 g/mol. The minimum atomic E-state index is -4.54. The summed E-state index contributed by atoms with van der Waals surface area (Å²) in [5.41, 5.74) is 17.4. The molecule has 2 aliphatic rings. The third kappa shape index (κ3) is 7.75. The fourth-order valence-electron chi connectivity index (χ4n) is 5.14. The minimum Gasteiger partial charge on any atom is -0.423 e. The Kier molecular flexibility index (Phi) is 10.7. The lowest BCUT2D eigenvalue weighted by Crippen LogP contribution is -2.51. The zero-order chi connectivity index (χ0) is 32.1. The fraction of sp³-hybridized carbons (Fsp3) is 0.464. The molecule has 0 radical (unpaired) electrons. The number of alkyl halides is 3. The van der Waals surface area contributed by atoms with Crippen LogP contribution in [0.15, 0.2) is 42.5 Å². The van der Waals surface area contributed by atoms with E-state index in [-0.39, 0.29) is 51.5 Å². The molecule has 1 fully saturated rings. The van der Waals surface area contributed by atoms with E-state index in [1.54, 1.807) is 18.2 Å². The van der Waals surface area contributed by atoms with Gasteiger partial charge in [-0.15, -0.1) is 0 Å². The van der Waals surface area contributed by atoms with Crippen LogP contribution in [0, 0.1) is 0 Å². The first kappa shape index (κ1) is 33.4. The smallest absolute Gasteiger partial charge is 0.423 e. The maximum absolute atomic E-state index is 13.4. The van der Waals surface area contributed by atoms with Crippen LogP contribution in [-0.2, 0) is 42.0 Å². The van der Waals surface area contributed by atoms with Crippen LogP contribution in [0.3, 0.4) is 0 Å². The van der Waals surface area contributed by atoms with Gasteiger partial charge in [-0.25, -0.2) is 0 Å². The van der Waals surface area contributed by atoms with E-state index in [4.69, 9.17) is 26.6 Å². The molecule has 1 unspecified atom stereocenters. The van der Waals surface area contributed by atoms with Crippen LogP contribution in [0.25, 0.3) is 0 Å². The Balaban J connectivity index is 1.47. The summed E-state index contributed by atoms with van der Waals surface area (Å²) in [5, 5.41) is 15.7. The second-order valence-electron chi connectivity index (χ2n) is 10.8. The molecule has 12 nitrogen and oxygen atoms in total. The number of carbonyl (C=O) groups excluding carboxylic acids is 3. The van der Waals surface area contributed by atoms with E-state index in [9.17, 15) is 32.6 Å². The Bertz CT molecular complexity index is 1340. The van der Waals surface area contributed by atoms with Crippen LogP contribution >= 0.6 is 0 Å². The van der Waals surface area contributed by atoms with Crippen molar-refractivity contribution in [2.45, 2.75) is 43.1 Å². The standard InChI is InChI=1S/C28H36BF3N6O6/c30-28(31,32)18-3-1-17(2-4-18)13-23(37-25(40)22(35)7-8-24(39)38(11-9-33)12-10-34)26(41)36-19-5-6-20-21(14-19)29(42)44-27(20)15-43-16-27/h1-6,14,22-23,42H,7-13,15-16,33-35H2,(H,36,41)(H,37,40)/t22?,23-/m1/s1. The second kappa shape index (κ2) is 14.1. The monoisotopic (exact) mass is 620 g/mol. The Labute approximate surface area is 252 Å². The van der Waals surface area contributed by atoms with Crippen LogP contribution < -0.4 is 33.3 Å². The average molecular weight is 620 g/mol. The molecule has 0 aromatic heterocycles. The molecule has 2 heterocycles. The van der Waals surface area contributed by atoms with Gasteiger partial charge in [0, 0.05) is 44.7 Å². The lowest BCUT2D eigenvalue weighted by molar-refractivity contribution is -0.168. The van der Waals surface area contributed by atoms with E-state index in [1.165, 1.54) is 17.0 Å². The molecule has 9 N–H and O–H groups in total. The van der Waals surface area contributed by atoms with E-state index in [2.05, 4.69) is 10.6 Å². The summed E-state index contributed by atoms with van der Waals surface area (Å²) in [7, 11) is -1.22. The average Bonchev–Trinajstić information content (AvgIpc) is 3.27. The maximum atomic E-state index is 13.4. The Morgan fingerprint density at radius 2 is 1.70 bits per heavy atom. The molecule has 238 valence electrons. The van der Waals surface area contributed by atoms with Gasteiger partial charge >= 0.3 is 13.3 Å². The highest BCUT2D eigenvalue weighted by molar-refractivity contribution is 6.62. The largest absolute Gasteiger partial charge is 0.492 e. The SMILES string of the molecule is NCCN(CCN)C(=O)CCC(N)C(=O)N[C@H](Cc1ccc(C(F)(F)F)cc1)C(=O)Nc1ccc2c(c1)B(O)OC21COC1. The number of nitrogens with one attached hydrogen (secondary N) is 2. The van der Waals surface area contributed by atoms with Crippen LogP contribution in [0.4, 0.5) is 18.9 Å². The van der Waals surface area contributed by atoms with E-state index >= 15 is 0 Å². The molecule has 16 heteroatoms. The minimum absolute atomic E-state index is 0.0287. The topological polar surface area (TPSA) is 195 Å². The molecule has 2 aliphatic heterocycles. The zero-order valence-electron chi connectivity index (χ0n) is 23.9. The summed E-state index contributed by atoms with van der Waals surface area (Å²) in [6, 6.07) is 6.69. The van der Waals surface area contributed by atoms with Gasteiger partial charge in [0.1, 0.15) is 11.6 Å². The normalized spacial score (nSPS) is 16.6. The first-order valence-corrected chi connectivity index (χ1v) is 14.2. The summed E-state index contributed by atoms with van der Waals surface area (Å²) in [4.78, 5) is 40.5. The molecular formula is C28H36BF3N6O6. The lowest BCUT2D eigenvalue weighted by Gasteiger charge is -2.38. The zero-order valence-corrected chi connectivity index (χ0v) is 23.9. The number of benzene rings is 2. The number of nitrogens with two attached hydrogens (primary N) is 3. The highest BCUT2D eigenvalue weighted by Crippen LogP contribution is 2.38. The molecule has 0 bridgehead atoms. The summed E-state index contributed by atoms with van der Waals surface area (Å²) in [5.74, 6) is -1.67. The van der Waals surface area contributed by atoms with E-state index < -0.39 is 48.4 Å². The van der Waals surface area contributed by atoms with E-state index in [0.717, 1.165) is 17.7 Å². The van der Waals surface area contributed by atoms with Gasteiger partial charge < -0.3 is 47.1 Å². The number of ether oxygens (including phenoxy) is 1. The van der Waals surface area contributed by atoms with Gasteiger partial charge in [-0.2, -0.15) is 13.2 Å². The van der Waals surface area contributed by atoms with Gasteiger partial charge in [0.15, 0.2) is 0 Å². The Hall–Kier alpha value is -3.54. The number of hydrogen-bond donors (Lipinski definition) is 6. The number of fused-ring (bicyclic) bond motifs is 2. The molecule has 1 saturated heterocycles. The number of carbonyl (C=O) groups is 3. The number of nitrogens with zero attached hydrogens (tertiary/aromatic N) is 1. The van der Waals surface area contributed by atoms with Gasteiger partial charge in [-0.1, -0.05) is 18.2 Å². The highest BCUT2D eigenvalue weighted by atomic mass is 19.4. The van der Waals surface area contributed by atoms with Gasteiger partial charge in [0.05, 0.1) is 24.8 Å². The van der Waals surface area contributed by atoms with Crippen molar-refractivity contribution >= 4 is 36.0 Å². The molecule has 2 aromatic rings. The van der Waals surface area contributed by atoms with E-state index in [0.29, 0.717) is 29.8 Å². The van der Waals surface area contributed by atoms with Crippen LogP contribution in [-0.4, -0.2) is 86.2 Å².